The summed E-state index contributed by atoms with van der Waals surface area (Å²) >= 11 is 0. The lowest BCUT2D eigenvalue weighted by Crippen LogP contribution is -2.50. The van der Waals surface area contributed by atoms with Crippen molar-refractivity contribution in [2.24, 2.45) is 7.05 Å². The quantitative estimate of drug-likeness (QED) is 0.687. The van der Waals surface area contributed by atoms with E-state index in [1.54, 1.807) is 30.3 Å². The second-order valence-corrected chi connectivity index (χ2v) is 7.20. The van der Waals surface area contributed by atoms with Gasteiger partial charge in [0.15, 0.2) is 23.0 Å². The van der Waals surface area contributed by atoms with Crippen LogP contribution in [0, 0.1) is 0 Å². The van der Waals surface area contributed by atoms with Crippen LogP contribution in [-0.4, -0.2) is 81.9 Å². The second-order valence-electron chi connectivity index (χ2n) is 7.20. The summed E-state index contributed by atoms with van der Waals surface area (Å²) in [6.45, 7) is 3.76. The molecule has 1 N–H and O–H groups in total. The highest BCUT2D eigenvalue weighted by Gasteiger charge is 2.26. The number of nitrogens with one attached hydrogen (secondary N) is 1. The number of amides is 2. The summed E-state index contributed by atoms with van der Waals surface area (Å²) in [7, 11) is 1.71. The van der Waals surface area contributed by atoms with E-state index in [4.69, 9.17) is 9.47 Å². The van der Waals surface area contributed by atoms with Gasteiger partial charge in [-0.3, -0.25) is 24.0 Å². The van der Waals surface area contributed by atoms with Gasteiger partial charge in [0.05, 0.1) is 18.4 Å². The molecule has 11 heteroatoms. The lowest BCUT2D eigenvalue weighted by Gasteiger charge is -2.33. The van der Waals surface area contributed by atoms with Crippen molar-refractivity contribution in [2.75, 3.05) is 44.8 Å². The SMILES string of the molecule is CC(=O)c1cc2c(cc1NC(=O)CN1CCN(C(=O)c3cn(C)nn3)CC1)OCO2. The summed E-state index contributed by atoms with van der Waals surface area (Å²) in [5, 5.41) is 10.4. The first kappa shape index (κ1) is 19.8. The van der Waals surface area contributed by atoms with Crippen LogP contribution in [0.25, 0.3) is 0 Å². The van der Waals surface area contributed by atoms with Crippen LogP contribution in [0.15, 0.2) is 18.3 Å². The van der Waals surface area contributed by atoms with E-state index in [-0.39, 0.29) is 30.9 Å². The summed E-state index contributed by atoms with van der Waals surface area (Å²) in [5.74, 6) is 0.386. The summed E-state index contributed by atoms with van der Waals surface area (Å²) in [4.78, 5) is 40.6. The first-order valence-electron chi connectivity index (χ1n) is 9.53. The number of piperazine rings is 1. The molecule has 30 heavy (non-hydrogen) atoms. The third kappa shape index (κ3) is 4.10. The molecule has 1 aromatic heterocycles. The third-order valence-corrected chi connectivity index (χ3v) is 5.01. The van der Waals surface area contributed by atoms with E-state index in [2.05, 4.69) is 15.6 Å². The topological polar surface area (TPSA) is 119 Å². The first-order valence-corrected chi connectivity index (χ1v) is 9.53. The minimum absolute atomic E-state index is 0.0850. The largest absolute Gasteiger partial charge is 0.454 e. The van der Waals surface area contributed by atoms with Crippen LogP contribution in [0.2, 0.25) is 0 Å². The number of hydrogen-bond donors (Lipinski definition) is 1. The highest BCUT2D eigenvalue weighted by Crippen LogP contribution is 2.37. The van der Waals surface area contributed by atoms with Crippen molar-refractivity contribution in [3.63, 3.8) is 0 Å². The van der Waals surface area contributed by atoms with Crippen molar-refractivity contribution >= 4 is 23.3 Å². The molecule has 1 fully saturated rings. The van der Waals surface area contributed by atoms with Gasteiger partial charge >= 0.3 is 0 Å². The van der Waals surface area contributed by atoms with Crippen LogP contribution in [-0.2, 0) is 11.8 Å². The Morgan fingerprint density at radius 2 is 1.80 bits per heavy atom. The molecule has 1 aromatic carbocycles. The van der Waals surface area contributed by atoms with Gasteiger partial charge in [-0.1, -0.05) is 5.21 Å². The minimum Gasteiger partial charge on any atom is -0.454 e. The predicted molar refractivity (Wildman–Crippen MR) is 105 cm³/mol. The maximum Gasteiger partial charge on any atom is 0.276 e. The summed E-state index contributed by atoms with van der Waals surface area (Å²) in [6.07, 6.45) is 1.58. The van der Waals surface area contributed by atoms with E-state index in [0.717, 1.165) is 0 Å². The number of Topliss-reactive ketones (excluding diaryl/α,β-unsaturated/α-hetero) is 1. The molecule has 2 aliphatic rings. The van der Waals surface area contributed by atoms with E-state index in [1.165, 1.54) is 11.6 Å². The number of anilines is 1. The molecule has 158 valence electrons. The number of hydrogen-bond acceptors (Lipinski definition) is 8. The molecule has 11 nitrogen and oxygen atoms in total. The molecule has 0 aliphatic carbocycles. The lowest BCUT2D eigenvalue weighted by molar-refractivity contribution is -0.117. The molecule has 0 radical (unpaired) electrons. The van der Waals surface area contributed by atoms with Crippen LogP contribution in [0.3, 0.4) is 0 Å². The second kappa shape index (κ2) is 8.11. The Hall–Kier alpha value is -3.47. The van der Waals surface area contributed by atoms with Gasteiger partial charge in [-0.15, -0.1) is 5.10 Å². The van der Waals surface area contributed by atoms with Crippen LogP contribution in [0.1, 0.15) is 27.8 Å². The molecule has 2 amide bonds. The van der Waals surface area contributed by atoms with Gasteiger partial charge in [0, 0.05) is 44.9 Å². The zero-order valence-electron chi connectivity index (χ0n) is 16.8. The Bertz CT molecular complexity index is 995. The number of fused-ring (bicyclic) bond motifs is 1. The number of nitrogens with zero attached hydrogens (tertiary/aromatic N) is 5. The van der Waals surface area contributed by atoms with Crippen LogP contribution in [0.5, 0.6) is 11.5 Å². The van der Waals surface area contributed by atoms with Crippen LogP contribution in [0.4, 0.5) is 5.69 Å². The molecule has 0 bridgehead atoms. The molecule has 4 rings (SSSR count). The Morgan fingerprint density at radius 3 is 2.43 bits per heavy atom. The van der Waals surface area contributed by atoms with Gasteiger partial charge in [-0.2, -0.15) is 0 Å². The van der Waals surface area contributed by atoms with Gasteiger partial charge in [-0.25, -0.2) is 0 Å². The number of aryl methyl sites for hydroxylation is 1. The highest BCUT2D eigenvalue weighted by atomic mass is 16.7. The van der Waals surface area contributed by atoms with E-state index < -0.39 is 0 Å². The predicted octanol–water partition coefficient (Wildman–Crippen LogP) is 0.143. The van der Waals surface area contributed by atoms with Crippen molar-refractivity contribution in [3.8, 4) is 11.5 Å². The zero-order chi connectivity index (χ0) is 21.3. The summed E-state index contributed by atoms with van der Waals surface area (Å²) in [6, 6.07) is 3.19. The Kier molecular flexibility index (Phi) is 5.36. The Morgan fingerprint density at radius 1 is 1.10 bits per heavy atom. The molecule has 0 saturated carbocycles. The standard InChI is InChI=1S/C19H22N6O5/c1-12(26)13-7-16-17(30-11-29-16)8-14(13)20-18(27)10-24-3-5-25(6-4-24)19(28)15-9-23(2)22-21-15/h7-9H,3-6,10-11H2,1-2H3,(H,20,27). The molecule has 1 saturated heterocycles. The summed E-state index contributed by atoms with van der Waals surface area (Å²) in [5.41, 5.74) is 1.07. The van der Waals surface area contributed by atoms with Crippen molar-refractivity contribution in [3.05, 3.63) is 29.6 Å². The molecule has 3 heterocycles. The van der Waals surface area contributed by atoms with Crippen LogP contribution >= 0.6 is 0 Å². The fourth-order valence-corrected chi connectivity index (χ4v) is 3.45. The fourth-order valence-electron chi connectivity index (χ4n) is 3.45. The Labute approximate surface area is 172 Å². The van der Waals surface area contributed by atoms with Gasteiger partial charge < -0.3 is 19.7 Å². The van der Waals surface area contributed by atoms with Gasteiger partial charge in [0.25, 0.3) is 5.91 Å². The fraction of sp³-hybridized carbons (Fsp3) is 0.421. The third-order valence-electron chi connectivity index (χ3n) is 5.01. The molecule has 0 spiro atoms. The number of benzene rings is 1. The van der Waals surface area contributed by atoms with E-state index in [1.807, 2.05) is 4.90 Å². The normalized spacial score (nSPS) is 15.9. The number of ketones is 1. The van der Waals surface area contributed by atoms with E-state index >= 15 is 0 Å². The minimum atomic E-state index is -0.245. The number of carbonyl (C=O) groups excluding carboxylic acids is 3. The van der Waals surface area contributed by atoms with Gasteiger partial charge in [0.1, 0.15) is 0 Å². The van der Waals surface area contributed by atoms with E-state index in [0.29, 0.717) is 54.6 Å². The zero-order valence-corrected chi connectivity index (χ0v) is 16.8. The average molecular weight is 414 g/mol. The molecular weight excluding hydrogens is 392 g/mol. The molecule has 0 unspecified atom stereocenters. The smallest absolute Gasteiger partial charge is 0.276 e. The molecule has 2 aromatic rings. The molecule has 2 aliphatic heterocycles. The first-order chi connectivity index (χ1) is 14.4. The van der Waals surface area contributed by atoms with Crippen molar-refractivity contribution in [2.45, 2.75) is 6.92 Å². The Balaban J connectivity index is 1.33. The van der Waals surface area contributed by atoms with E-state index in [9.17, 15) is 14.4 Å². The lowest BCUT2D eigenvalue weighted by atomic mass is 10.1. The number of carbonyl (C=O) groups is 3. The van der Waals surface area contributed by atoms with Crippen molar-refractivity contribution in [1.82, 2.24) is 24.8 Å². The monoisotopic (exact) mass is 414 g/mol. The number of rotatable bonds is 5. The van der Waals surface area contributed by atoms with Gasteiger partial charge in [0.2, 0.25) is 12.7 Å². The highest BCUT2D eigenvalue weighted by molar-refractivity contribution is 6.05. The van der Waals surface area contributed by atoms with Crippen molar-refractivity contribution < 1.29 is 23.9 Å². The van der Waals surface area contributed by atoms with Gasteiger partial charge in [-0.05, 0) is 13.0 Å². The molecular formula is C19H22N6O5. The van der Waals surface area contributed by atoms with Crippen molar-refractivity contribution in [1.29, 1.82) is 0 Å². The summed E-state index contributed by atoms with van der Waals surface area (Å²) < 4.78 is 12.1. The van der Waals surface area contributed by atoms with Crippen LogP contribution < -0.4 is 14.8 Å². The number of aromatic nitrogens is 3. The maximum atomic E-state index is 12.6. The number of ether oxygens (including phenoxy) is 2. The maximum absolute atomic E-state index is 12.6. The molecule has 0 atom stereocenters. The average Bonchev–Trinajstić information content (AvgIpc) is 3.35.